The Balaban J connectivity index is 1.95. The summed E-state index contributed by atoms with van der Waals surface area (Å²) in [7, 11) is 0. The van der Waals surface area contributed by atoms with E-state index in [0.717, 1.165) is 22.3 Å². The molecule has 0 aromatic heterocycles. The zero-order valence-corrected chi connectivity index (χ0v) is 21.8. The summed E-state index contributed by atoms with van der Waals surface area (Å²) >= 11 is 6.09. The predicted molar refractivity (Wildman–Crippen MR) is 143 cm³/mol. The zero-order valence-electron chi connectivity index (χ0n) is 21.1. The summed E-state index contributed by atoms with van der Waals surface area (Å²) in [5.41, 5.74) is 5.22. The third kappa shape index (κ3) is 7.97. The Labute approximate surface area is 214 Å². The molecule has 0 bridgehead atoms. The molecule has 0 radical (unpaired) electrons. The van der Waals surface area contributed by atoms with E-state index in [1.165, 1.54) is 5.56 Å². The average Bonchev–Trinajstić information content (AvgIpc) is 2.84. The summed E-state index contributed by atoms with van der Waals surface area (Å²) in [4.78, 5) is 29.0. The number of carbonyl (C=O) groups is 2. The van der Waals surface area contributed by atoms with E-state index in [0.29, 0.717) is 30.5 Å². The highest BCUT2D eigenvalue weighted by molar-refractivity contribution is 6.30. The number of rotatable bonds is 10. The number of hydrogen-bond acceptors (Lipinski definition) is 2. The van der Waals surface area contributed by atoms with Gasteiger partial charge >= 0.3 is 0 Å². The second kappa shape index (κ2) is 12.6. The number of nitrogens with zero attached hydrogens (tertiary/aromatic N) is 1. The normalized spacial score (nSPS) is 11.8. The largest absolute Gasteiger partial charge is 0.354 e. The lowest BCUT2D eigenvalue weighted by Gasteiger charge is -2.32. The molecule has 0 aliphatic heterocycles. The first kappa shape index (κ1) is 26.5. The molecule has 184 valence electrons. The van der Waals surface area contributed by atoms with Crippen molar-refractivity contribution in [3.8, 4) is 0 Å². The molecule has 35 heavy (non-hydrogen) atoms. The van der Waals surface area contributed by atoms with Gasteiger partial charge in [-0.05, 0) is 59.7 Å². The van der Waals surface area contributed by atoms with Crippen LogP contribution in [0.3, 0.4) is 0 Å². The number of amides is 2. The van der Waals surface area contributed by atoms with Gasteiger partial charge in [-0.15, -0.1) is 0 Å². The van der Waals surface area contributed by atoms with Gasteiger partial charge in [0, 0.05) is 24.5 Å². The Morgan fingerprint density at radius 2 is 1.51 bits per heavy atom. The number of aryl methyl sites for hydroxylation is 2. The van der Waals surface area contributed by atoms with E-state index in [9.17, 15) is 9.59 Å². The summed E-state index contributed by atoms with van der Waals surface area (Å²) in [6, 6.07) is 22.8. The molecule has 0 spiro atoms. The minimum atomic E-state index is -0.633. The molecule has 2 amide bonds. The molecular formula is C30H35ClN2O2. The standard InChI is InChI=1S/C30H35ClN2O2/c1-21(2)19-32-30(35)28(17-24-8-6-5-7-9-24)33(20-25-12-14-27(31)15-13-25)29(34)18-26-11-10-22(3)23(4)16-26/h5-16,21,28H,17-20H2,1-4H3,(H,32,35). The lowest BCUT2D eigenvalue weighted by atomic mass is 10.00. The number of hydrogen-bond donors (Lipinski definition) is 1. The van der Waals surface area contributed by atoms with E-state index >= 15 is 0 Å². The van der Waals surface area contributed by atoms with Gasteiger partial charge in [-0.25, -0.2) is 0 Å². The van der Waals surface area contributed by atoms with Crippen LogP contribution in [0.4, 0.5) is 0 Å². The molecule has 1 N–H and O–H groups in total. The maximum absolute atomic E-state index is 13.8. The highest BCUT2D eigenvalue weighted by atomic mass is 35.5. The van der Waals surface area contributed by atoms with Crippen LogP contribution < -0.4 is 5.32 Å². The predicted octanol–water partition coefficient (Wildman–Crippen LogP) is 5.91. The van der Waals surface area contributed by atoms with Gasteiger partial charge in [0.05, 0.1) is 6.42 Å². The fourth-order valence-corrected chi connectivity index (χ4v) is 4.08. The van der Waals surface area contributed by atoms with Crippen LogP contribution in [-0.4, -0.2) is 29.3 Å². The van der Waals surface area contributed by atoms with Crippen LogP contribution >= 0.6 is 11.6 Å². The van der Waals surface area contributed by atoms with Crippen molar-refractivity contribution >= 4 is 23.4 Å². The maximum Gasteiger partial charge on any atom is 0.243 e. The fraction of sp³-hybridized carbons (Fsp3) is 0.333. The van der Waals surface area contributed by atoms with Gasteiger partial charge in [0.25, 0.3) is 0 Å². The van der Waals surface area contributed by atoms with E-state index in [1.54, 1.807) is 4.90 Å². The smallest absolute Gasteiger partial charge is 0.243 e. The Hall–Kier alpha value is -3.11. The van der Waals surface area contributed by atoms with Gasteiger partial charge in [0.2, 0.25) is 11.8 Å². The fourth-order valence-electron chi connectivity index (χ4n) is 3.95. The van der Waals surface area contributed by atoms with Crippen LogP contribution in [0.25, 0.3) is 0 Å². The molecule has 3 aromatic rings. The molecule has 0 heterocycles. The van der Waals surface area contributed by atoms with Gasteiger partial charge in [-0.3, -0.25) is 9.59 Å². The first-order chi connectivity index (χ1) is 16.7. The summed E-state index contributed by atoms with van der Waals surface area (Å²) in [5.74, 6) is 0.0982. The van der Waals surface area contributed by atoms with Gasteiger partial charge in [0.1, 0.15) is 6.04 Å². The lowest BCUT2D eigenvalue weighted by Crippen LogP contribution is -2.51. The molecule has 0 saturated carbocycles. The Morgan fingerprint density at radius 1 is 0.857 bits per heavy atom. The molecule has 5 heteroatoms. The minimum absolute atomic E-state index is 0.0798. The molecule has 0 aliphatic carbocycles. The van der Waals surface area contributed by atoms with Crippen LogP contribution in [-0.2, 0) is 29.0 Å². The van der Waals surface area contributed by atoms with Crippen LogP contribution in [0.15, 0.2) is 72.8 Å². The first-order valence-corrected chi connectivity index (χ1v) is 12.5. The van der Waals surface area contributed by atoms with Crippen molar-refractivity contribution in [2.75, 3.05) is 6.54 Å². The number of benzene rings is 3. The minimum Gasteiger partial charge on any atom is -0.354 e. The highest BCUT2D eigenvalue weighted by Gasteiger charge is 2.30. The van der Waals surface area contributed by atoms with Crippen molar-refractivity contribution in [2.45, 2.75) is 53.1 Å². The molecule has 4 nitrogen and oxygen atoms in total. The van der Waals surface area contributed by atoms with E-state index < -0.39 is 6.04 Å². The van der Waals surface area contributed by atoms with Gasteiger partial charge in [-0.2, -0.15) is 0 Å². The van der Waals surface area contributed by atoms with E-state index in [1.807, 2.05) is 73.7 Å². The van der Waals surface area contributed by atoms with Crippen molar-refractivity contribution in [2.24, 2.45) is 5.92 Å². The van der Waals surface area contributed by atoms with Crippen LogP contribution in [0.1, 0.15) is 41.7 Å². The van der Waals surface area contributed by atoms with Crippen molar-refractivity contribution in [3.05, 3.63) is 106 Å². The second-order valence-corrected chi connectivity index (χ2v) is 10.0. The van der Waals surface area contributed by atoms with Crippen molar-refractivity contribution < 1.29 is 9.59 Å². The van der Waals surface area contributed by atoms with Crippen LogP contribution in [0, 0.1) is 19.8 Å². The third-order valence-corrected chi connectivity index (χ3v) is 6.40. The first-order valence-electron chi connectivity index (χ1n) is 12.1. The maximum atomic E-state index is 13.8. The second-order valence-electron chi connectivity index (χ2n) is 9.59. The molecular weight excluding hydrogens is 456 g/mol. The van der Waals surface area contributed by atoms with Crippen molar-refractivity contribution in [1.82, 2.24) is 10.2 Å². The van der Waals surface area contributed by atoms with Gasteiger partial charge in [-0.1, -0.05) is 86.1 Å². The SMILES string of the molecule is Cc1ccc(CC(=O)N(Cc2ccc(Cl)cc2)C(Cc2ccccc2)C(=O)NCC(C)C)cc1C. The third-order valence-electron chi connectivity index (χ3n) is 6.15. The molecule has 3 rings (SSSR count). The summed E-state index contributed by atoms with van der Waals surface area (Å²) in [6.45, 7) is 9.11. The highest BCUT2D eigenvalue weighted by Crippen LogP contribution is 2.19. The zero-order chi connectivity index (χ0) is 25.4. The topological polar surface area (TPSA) is 49.4 Å². The molecule has 1 unspecified atom stereocenters. The van der Waals surface area contributed by atoms with E-state index in [4.69, 9.17) is 11.6 Å². The number of carbonyl (C=O) groups excluding carboxylic acids is 2. The molecule has 1 atom stereocenters. The molecule has 3 aromatic carbocycles. The number of halogens is 1. The summed E-state index contributed by atoms with van der Waals surface area (Å²) in [5, 5.41) is 3.70. The Kier molecular flexibility index (Phi) is 9.50. The number of nitrogens with one attached hydrogen (secondary N) is 1. The monoisotopic (exact) mass is 490 g/mol. The molecule has 0 saturated heterocycles. The van der Waals surface area contributed by atoms with Gasteiger partial charge < -0.3 is 10.2 Å². The Bertz CT molecular complexity index is 1130. The van der Waals surface area contributed by atoms with E-state index in [-0.39, 0.29) is 18.2 Å². The van der Waals surface area contributed by atoms with E-state index in [2.05, 4.69) is 32.2 Å². The van der Waals surface area contributed by atoms with Gasteiger partial charge in [0.15, 0.2) is 0 Å². The molecule has 0 fully saturated rings. The average molecular weight is 491 g/mol. The summed E-state index contributed by atoms with van der Waals surface area (Å²) in [6.07, 6.45) is 0.675. The Morgan fingerprint density at radius 3 is 2.14 bits per heavy atom. The quantitative estimate of drug-likeness (QED) is 0.384. The lowest BCUT2D eigenvalue weighted by molar-refractivity contribution is -0.140. The molecule has 0 aliphatic rings. The summed E-state index contributed by atoms with van der Waals surface area (Å²) < 4.78 is 0. The van der Waals surface area contributed by atoms with Crippen molar-refractivity contribution in [1.29, 1.82) is 0 Å². The van der Waals surface area contributed by atoms with Crippen LogP contribution in [0.2, 0.25) is 5.02 Å². The van der Waals surface area contributed by atoms with Crippen LogP contribution in [0.5, 0.6) is 0 Å². The van der Waals surface area contributed by atoms with Crippen molar-refractivity contribution in [3.63, 3.8) is 0 Å².